The average molecular weight is 450 g/mol. The maximum atomic E-state index is 13.0. The van der Waals surface area contributed by atoms with Crippen LogP contribution in [0.1, 0.15) is 41.0 Å². The van der Waals surface area contributed by atoms with Crippen LogP contribution in [-0.2, 0) is 6.54 Å². The van der Waals surface area contributed by atoms with Crippen molar-refractivity contribution in [1.29, 1.82) is 0 Å². The highest BCUT2D eigenvalue weighted by molar-refractivity contribution is 5.74. The van der Waals surface area contributed by atoms with Gasteiger partial charge in [0.2, 0.25) is 0 Å². The van der Waals surface area contributed by atoms with Gasteiger partial charge < -0.3 is 10.2 Å². The standard InChI is InChI=1S/C30H31N3O/c34-30(31-22-26-10-5-2-6-11-26)33-20-7-19-32-21-18-28(29(32)23-33)27-16-14-25(15-17-27)13-12-24-8-3-1-4-9-24/h1-6,8-11,14-17,28-29H,7,18-23H2,(H,31,34)/t28-,29+/m1/s1. The summed E-state index contributed by atoms with van der Waals surface area (Å²) < 4.78 is 0. The van der Waals surface area contributed by atoms with Crippen LogP contribution >= 0.6 is 0 Å². The molecule has 0 saturated carbocycles. The van der Waals surface area contributed by atoms with Crippen molar-refractivity contribution in [3.63, 3.8) is 0 Å². The van der Waals surface area contributed by atoms with Crippen LogP contribution in [-0.4, -0.2) is 48.1 Å². The van der Waals surface area contributed by atoms with Crippen molar-refractivity contribution in [2.45, 2.75) is 31.3 Å². The number of benzene rings is 3. The van der Waals surface area contributed by atoms with Crippen LogP contribution in [0.15, 0.2) is 84.9 Å². The Morgan fingerprint density at radius 3 is 2.24 bits per heavy atom. The van der Waals surface area contributed by atoms with Crippen molar-refractivity contribution in [3.8, 4) is 11.8 Å². The first-order chi connectivity index (χ1) is 16.8. The van der Waals surface area contributed by atoms with Gasteiger partial charge in [0, 0.05) is 49.3 Å². The summed E-state index contributed by atoms with van der Waals surface area (Å²) in [7, 11) is 0. The number of carbonyl (C=O) groups excluding carboxylic acids is 1. The Bertz CT molecular complexity index is 1150. The molecule has 2 saturated heterocycles. The third-order valence-corrected chi connectivity index (χ3v) is 6.98. The largest absolute Gasteiger partial charge is 0.334 e. The molecule has 3 aromatic carbocycles. The summed E-state index contributed by atoms with van der Waals surface area (Å²) >= 11 is 0. The number of hydrogen-bond acceptors (Lipinski definition) is 2. The van der Waals surface area contributed by atoms with Gasteiger partial charge >= 0.3 is 6.03 Å². The highest BCUT2D eigenvalue weighted by Gasteiger charge is 2.38. The van der Waals surface area contributed by atoms with Gasteiger partial charge in [-0.3, -0.25) is 4.90 Å². The zero-order valence-electron chi connectivity index (χ0n) is 19.5. The summed E-state index contributed by atoms with van der Waals surface area (Å²) in [4.78, 5) is 17.6. The second-order valence-corrected chi connectivity index (χ2v) is 9.18. The summed E-state index contributed by atoms with van der Waals surface area (Å²) in [6.45, 7) is 4.32. The molecule has 0 bridgehead atoms. The summed E-state index contributed by atoms with van der Waals surface area (Å²) in [5.74, 6) is 6.95. The van der Waals surface area contributed by atoms with E-state index in [-0.39, 0.29) is 6.03 Å². The number of nitrogens with zero attached hydrogens (tertiary/aromatic N) is 2. The van der Waals surface area contributed by atoms with E-state index in [1.54, 1.807) is 0 Å². The lowest BCUT2D eigenvalue weighted by Crippen LogP contribution is -2.45. The number of fused-ring (bicyclic) bond motifs is 1. The molecule has 1 N–H and O–H groups in total. The van der Waals surface area contributed by atoms with Crippen molar-refractivity contribution >= 4 is 6.03 Å². The SMILES string of the molecule is O=C(NCc1ccccc1)N1CCCN2CC[C@H](c3ccc(C#Cc4ccccc4)cc3)[C@@H]2C1. The first kappa shape index (κ1) is 22.3. The van der Waals surface area contributed by atoms with E-state index < -0.39 is 0 Å². The zero-order chi connectivity index (χ0) is 23.2. The first-order valence-electron chi connectivity index (χ1n) is 12.2. The minimum Gasteiger partial charge on any atom is -0.334 e. The van der Waals surface area contributed by atoms with E-state index in [0.717, 1.165) is 55.7 Å². The predicted molar refractivity (Wildman–Crippen MR) is 136 cm³/mol. The Hall–Kier alpha value is -3.55. The zero-order valence-corrected chi connectivity index (χ0v) is 19.5. The van der Waals surface area contributed by atoms with Crippen LogP contribution in [0.4, 0.5) is 4.79 Å². The van der Waals surface area contributed by atoms with Crippen molar-refractivity contribution in [2.75, 3.05) is 26.2 Å². The van der Waals surface area contributed by atoms with Crippen molar-refractivity contribution < 1.29 is 4.79 Å². The number of amides is 2. The maximum absolute atomic E-state index is 13.0. The molecule has 0 aliphatic carbocycles. The Morgan fingerprint density at radius 1 is 0.824 bits per heavy atom. The molecule has 0 unspecified atom stereocenters. The summed E-state index contributed by atoms with van der Waals surface area (Å²) in [6, 6.07) is 29.3. The molecule has 2 heterocycles. The minimum atomic E-state index is 0.0443. The summed E-state index contributed by atoms with van der Waals surface area (Å²) in [5, 5.41) is 3.12. The van der Waals surface area contributed by atoms with E-state index in [0.29, 0.717) is 18.5 Å². The van der Waals surface area contributed by atoms with Crippen LogP contribution in [0.5, 0.6) is 0 Å². The Morgan fingerprint density at radius 2 is 1.50 bits per heavy atom. The highest BCUT2D eigenvalue weighted by atomic mass is 16.2. The predicted octanol–water partition coefficient (Wildman–Crippen LogP) is 4.86. The molecule has 4 nitrogen and oxygen atoms in total. The van der Waals surface area contributed by atoms with Crippen molar-refractivity contribution in [1.82, 2.24) is 15.1 Å². The van der Waals surface area contributed by atoms with Crippen LogP contribution in [0, 0.1) is 11.8 Å². The topological polar surface area (TPSA) is 35.6 Å². The molecule has 3 aromatic rings. The van der Waals surface area contributed by atoms with Crippen molar-refractivity contribution in [2.24, 2.45) is 0 Å². The fourth-order valence-corrected chi connectivity index (χ4v) is 5.16. The highest BCUT2D eigenvalue weighted by Crippen LogP contribution is 2.35. The quantitative estimate of drug-likeness (QED) is 0.580. The van der Waals surface area contributed by atoms with E-state index in [1.807, 2.05) is 65.6 Å². The molecule has 5 rings (SSSR count). The van der Waals surface area contributed by atoms with Gasteiger partial charge in [-0.05, 0) is 54.8 Å². The van der Waals surface area contributed by atoms with Crippen molar-refractivity contribution in [3.05, 3.63) is 107 Å². The third kappa shape index (κ3) is 5.32. The molecule has 172 valence electrons. The normalized spacial score (nSPS) is 20.1. The monoisotopic (exact) mass is 449 g/mol. The van der Waals surface area contributed by atoms with Gasteiger partial charge in [-0.25, -0.2) is 4.79 Å². The molecule has 0 aromatic heterocycles. The number of carbonyl (C=O) groups is 1. The van der Waals surface area contributed by atoms with Crippen LogP contribution in [0.25, 0.3) is 0 Å². The molecule has 0 radical (unpaired) electrons. The number of urea groups is 1. The van der Waals surface area contributed by atoms with E-state index in [4.69, 9.17) is 0 Å². The lowest BCUT2D eigenvalue weighted by Gasteiger charge is -2.30. The van der Waals surface area contributed by atoms with E-state index in [2.05, 4.69) is 46.3 Å². The number of hydrogen-bond donors (Lipinski definition) is 1. The average Bonchev–Trinajstić information content (AvgIpc) is 3.16. The molecule has 2 fully saturated rings. The molecule has 34 heavy (non-hydrogen) atoms. The van der Waals surface area contributed by atoms with E-state index in [9.17, 15) is 4.79 Å². The fraction of sp³-hybridized carbons (Fsp3) is 0.300. The molecule has 2 aliphatic rings. The van der Waals surface area contributed by atoms with Crippen LogP contribution < -0.4 is 5.32 Å². The molecule has 2 aliphatic heterocycles. The van der Waals surface area contributed by atoms with Gasteiger partial charge in [-0.1, -0.05) is 72.5 Å². The summed E-state index contributed by atoms with van der Waals surface area (Å²) in [6.07, 6.45) is 2.16. The third-order valence-electron chi connectivity index (χ3n) is 6.98. The van der Waals surface area contributed by atoms with Crippen LogP contribution in [0.3, 0.4) is 0 Å². The molecular weight excluding hydrogens is 418 g/mol. The van der Waals surface area contributed by atoms with Gasteiger partial charge in [0.15, 0.2) is 0 Å². The molecule has 4 heteroatoms. The van der Waals surface area contributed by atoms with E-state index >= 15 is 0 Å². The molecular formula is C30H31N3O. The molecule has 2 amide bonds. The van der Waals surface area contributed by atoms with Gasteiger partial charge in [-0.2, -0.15) is 0 Å². The second-order valence-electron chi connectivity index (χ2n) is 9.18. The lowest BCUT2D eigenvalue weighted by molar-refractivity contribution is 0.185. The lowest BCUT2D eigenvalue weighted by atomic mass is 9.91. The number of nitrogens with one attached hydrogen (secondary N) is 1. The maximum Gasteiger partial charge on any atom is 0.317 e. The second kappa shape index (κ2) is 10.6. The van der Waals surface area contributed by atoms with Gasteiger partial charge in [0.1, 0.15) is 0 Å². The molecule has 0 spiro atoms. The van der Waals surface area contributed by atoms with Gasteiger partial charge in [0.25, 0.3) is 0 Å². The van der Waals surface area contributed by atoms with E-state index in [1.165, 1.54) is 5.56 Å². The Kier molecular flexibility index (Phi) is 6.93. The first-order valence-corrected chi connectivity index (χ1v) is 12.2. The Labute approximate surface area is 202 Å². The van der Waals surface area contributed by atoms with Gasteiger partial charge in [0.05, 0.1) is 0 Å². The smallest absolute Gasteiger partial charge is 0.317 e. The number of rotatable bonds is 3. The molecule has 2 atom stereocenters. The van der Waals surface area contributed by atoms with Gasteiger partial charge in [-0.15, -0.1) is 0 Å². The fourth-order valence-electron chi connectivity index (χ4n) is 5.16. The van der Waals surface area contributed by atoms with Crippen LogP contribution in [0.2, 0.25) is 0 Å². The summed E-state index contributed by atoms with van der Waals surface area (Å²) in [5.41, 5.74) is 4.54. The minimum absolute atomic E-state index is 0.0443. The Balaban J connectivity index is 1.24.